The van der Waals surface area contributed by atoms with Crippen molar-refractivity contribution in [2.24, 2.45) is 0 Å². The van der Waals surface area contributed by atoms with Crippen molar-refractivity contribution in [2.75, 3.05) is 7.11 Å². The summed E-state index contributed by atoms with van der Waals surface area (Å²) in [6.07, 6.45) is 0. The minimum atomic E-state index is 0.360. The van der Waals surface area contributed by atoms with Crippen LogP contribution in [-0.2, 0) is 11.3 Å². The Labute approximate surface area is 107 Å². The fourth-order valence-electron chi connectivity index (χ4n) is 1.63. The van der Waals surface area contributed by atoms with E-state index in [4.69, 9.17) is 25.3 Å². The lowest BCUT2D eigenvalue weighted by molar-refractivity contribution is 0.156. The van der Waals surface area contributed by atoms with Crippen LogP contribution in [0, 0.1) is 0 Å². The lowest BCUT2D eigenvalue weighted by atomic mass is 10.3. The Kier molecular flexibility index (Phi) is 2.77. The summed E-state index contributed by atoms with van der Waals surface area (Å²) in [5.74, 6) is 1.02. The highest BCUT2D eigenvalue weighted by atomic mass is 35.5. The van der Waals surface area contributed by atoms with Crippen LogP contribution in [-0.4, -0.2) is 17.3 Å². The van der Waals surface area contributed by atoms with E-state index in [1.54, 1.807) is 31.4 Å². The Morgan fingerprint density at radius 3 is 3.06 bits per heavy atom. The molecule has 3 aromatic rings. The summed E-state index contributed by atoms with van der Waals surface area (Å²) in [6.45, 7) is 0.360. The minimum absolute atomic E-state index is 0.360. The Hall–Kier alpha value is -1.85. The van der Waals surface area contributed by atoms with Gasteiger partial charge in [0.1, 0.15) is 12.1 Å². The maximum atomic E-state index is 5.89. The largest absolute Gasteiger partial charge is 0.435 e. The molecule has 0 aliphatic carbocycles. The fraction of sp³-hybridized carbons (Fsp3) is 0.167. The van der Waals surface area contributed by atoms with E-state index in [9.17, 15) is 0 Å². The molecule has 0 radical (unpaired) electrons. The molecule has 6 heteroatoms. The van der Waals surface area contributed by atoms with Gasteiger partial charge in [-0.25, -0.2) is 4.98 Å². The molecule has 1 aromatic carbocycles. The first-order valence-corrected chi connectivity index (χ1v) is 5.65. The molecule has 3 rings (SSSR count). The van der Waals surface area contributed by atoms with Gasteiger partial charge >= 0.3 is 0 Å². The van der Waals surface area contributed by atoms with Crippen LogP contribution in [0.15, 0.2) is 33.2 Å². The molecule has 0 atom stereocenters. The first-order valence-electron chi connectivity index (χ1n) is 5.27. The van der Waals surface area contributed by atoms with E-state index in [1.807, 2.05) is 0 Å². The zero-order chi connectivity index (χ0) is 12.5. The van der Waals surface area contributed by atoms with Crippen molar-refractivity contribution in [2.45, 2.75) is 6.61 Å². The van der Waals surface area contributed by atoms with Crippen molar-refractivity contribution in [3.8, 4) is 11.6 Å². The number of halogens is 1. The highest BCUT2D eigenvalue weighted by Gasteiger charge is 2.13. The number of nitrogens with zero attached hydrogens (tertiary/aromatic N) is 2. The zero-order valence-corrected chi connectivity index (χ0v) is 10.3. The molecule has 0 spiro atoms. The summed E-state index contributed by atoms with van der Waals surface area (Å²) in [7, 11) is 1.59. The second-order valence-corrected chi connectivity index (χ2v) is 4.18. The van der Waals surface area contributed by atoms with E-state index in [0.717, 1.165) is 0 Å². The molecule has 5 nitrogen and oxygen atoms in total. The molecule has 0 N–H and O–H groups in total. The summed E-state index contributed by atoms with van der Waals surface area (Å²) < 4.78 is 15.6. The fourth-order valence-corrected chi connectivity index (χ4v) is 1.80. The van der Waals surface area contributed by atoms with Crippen LogP contribution >= 0.6 is 11.6 Å². The second-order valence-electron chi connectivity index (χ2n) is 3.74. The van der Waals surface area contributed by atoms with Crippen molar-refractivity contribution in [1.82, 2.24) is 10.1 Å². The number of oxazole rings is 1. The van der Waals surface area contributed by atoms with Gasteiger partial charge in [0, 0.05) is 18.2 Å². The Morgan fingerprint density at radius 2 is 2.22 bits per heavy atom. The van der Waals surface area contributed by atoms with Crippen LogP contribution in [0.25, 0.3) is 22.7 Å². The van der Waals surface area contributed by atoms with Crippen LogP contribution in [0.4, 0.5) is 0 Å². The average molecular weight is 265 g/mol. The summed E-state index contributed by atoms with van der Waals surface area (Å²) in [5, 5.41) is 4.49. The molecule has 0 aliphatic heterocycles. The SMILES string of the molecule is COCc1cc(-c2nc3cc(Cl)ccc3o2)no1. The number of hydrogen-bond acceptors (Lipinski definition) is 5. The molecule has 0 amide bonds. The molecule has 2 heterocycles. The van der Waals surface area contributed by atoms with E-state index in [2.05, 4.69) is 10.1 Å². The summed E-state index contributed by atoms with van der Waals surface area (Å²) in [6, 6.07) is 6.98. The molecule has 2 aromatic heterocycles. The van der Waals surface area contributed by atoms with Crippen LogP contribution < -0.4 is 0 Å². The van der Waals surface area contributed by atoms with Gasteiger partial charge in [0.15, 0.2) is 17.0 Å². The van der Waals surface area contributed by atoms with Crippen LogP contribution in [0.3, 0.4) is 0 Å². The van der Waals surface area contributed by atoms with Gasteiger partial charge < -0.3 is 13.7 Å². The monoisotopic (exact) mass is 264 g/mol. The number of aromatic nitrogens is 2. The van der Waals surface area contributed by atoms with Crippen molar-refractivity contribution < 1.29 is 13.7 Å². The lowest BCUT2D eigenvalue weighted by Gasteiger charge is -1.87. The molecular weight excluding hydrogens is 256 g/mol. The molecule has 0 fully saturated rings. The third-order valence-corrected chi connectivity index (χ3v) is 2.65. The van der Waals surface area contributed by atoms with E-state index in [-0.39, 0.29) is 0 Å². The van der Waals surface area contributed by atoms with Gasteiger partial charge in [-0.05, 0) is 18.2 Å². The van der Waals surface area contributed by atoms with E-state index in [1.165, 1.54) is 0 Å². The van der Waals surface area contributed by atoms with Gasteiger partial charge in [-0.3, -0.25) is 0 Å². The van der Waals surface area contributed by atoms with Gasteiger partial charge in [-0.2, -0.15) is 0 Å². The molecule has 0 bridgehead atoms. The number of ether oxygens (including phenoxy) is 1. The second kappa shape index (κ2) is 4.44. The first-order chi connectivity index (χ1) is 8.76. The molecule has 0 saturated carbocycles. The predicted molar refractivity (Wildman–Crippen MR) is 65.2 cm³/mol. The van der Waals surface area contributed by atoms with Gasteiger partial charge in [0.25, 0.3) is 0 Å². The molecule has 0 aliphatic rings. The first kappa shape index (κ1) is 11.3. The number of rotatable bonds is 3. The standard InChI is InChI=1S/C12H9ClN2O3/c1-16-6-8-5-10(15-18-8)12-14-9-4-7(13)2-3-11(9)17-12/h2-5H,6H2,1H3. The van der Waals surface area contributed by atoms with Crippen LogP contribution in [0.2, 0.25) is 5.02 Å². The van der Waals surface area contributed by atoms with Crippen LogP contribution in [0.5, 0.6) is 0 Å². The topological polar surface area (TPSA) is 61.3 Å². The molecular formula is C12H9ClN2O3. The summed E-state index contributed by atoms with van der Waals surface area (Å²) in [4.78, 5) is 4.30. The maximum absolute atomic E-state index is 5.89. The molecule has 18 heavy (non-hydrogen) atoms. The van der Waals surface area contributed by atoms with Gasteiger partial charge in [-0.15, -0.1) is 0 Å². The quantitative estimate of drug-likeness (QED) is 0.726. The Bertz CT molecular complexity index is 690. The Morgan fingerprint density at radius 1 is 1.33 bits per heavy atom. The van der Waals surface area contributed by atoms with Gasteiger partial charge in [0.05, 0.1) is 0 Å². The molecule has 0 saturated heterocycles. The normalized spacial score (nSPS) is 11.2. The predicted octanol–water partition coefficient (Wildman–Crippen LogP) is 3.28. The average Bonchev–Trinajstić information content (AvgIpc) is 2.94. The summed E-state index contributed by atoms with van der Waals surface area (Å²) in [5.41, 5.74) is 1.88. The van der Waals surface area contributed by atoms with Gasteiger partial charge in [0.2, 0.25) is 5.89 Å². The van der Waals surface area contributed by atoms with Gasteiger partial charge in [-0.1, -0.05) is 16.8 Å². The third-order valence-electron chi connectivity index (χ3n) is 2.41. The highest BCUT2D eigenvalue weighted by molar-refractivity contribution is 6.31. The maximum Gasteiger partial charge on any atom is 0.249 e. The number of fused-ring (bicyclic) bond motifs is 1. The number of hydrogen-bond donors (Lipinski definition) is 0. The number of benzene rings is 1. The Balaban J connectivity index is 2.02. The third kappa shape index (κ3) is 1.98. The van der Waals surface area contributed by atoms with Crippen molar-refractivity contribution >= 4 is 22.7 Å². The molecule has 92 valence electrons. The highest BCUT2D eigenvalue weighted by Crippen LogP contribution is 2.25. The van der Waals surface area contributed by atoms with E-state index >= 15 is 0 Å². The number of methoxy groups -OCH3 is 1. The lowest BCUT2D eigenvalue weighted by Crippen LogP contribution is -1.81. The smallest absolute Gasteiger partial charge is 0.249 e. The van der Waals surface area contributed by atoms with Crippen molar-refractivity contribution in [1.29, 1.82) is 0 Å². The summed E-state index contributed by atoms with van der Waals surface area (Å²) >= 11 is 5.89. The van der Waals surface area contributed by atoms with Crippen molar-refractivity contribution in [3.05, 3.63) is 35.0 Å². The molecule has 0 unspecified atom stereocenters. The minimum Gasteiger partial charge on any atom is -0.435 e. The zero-order valence-electron chi connectivity index (χ0n) is 9.51. The van der Waals surface area contributed by atoms with E-state index in [0.29, 0.717) is 40.1 Å². The van der Waals surface area contributed by atoms with Crippen molar-refractivity contribution in [3.63, 3.8) is 0 Å². The van der Waals surface area contributed by atoms with E-state index < -0.39 is 0 Å². The van der Waals surface area contributed by atoms with Crippen LogP contribution in [0.1, 0.15) is 5.76 Å².